The summed E-state index contributed by atoms with van der Waals surface area (Å²) in [4.78, 5) is 0. The predicted molar refractivity (Wildman–Crippen MR) is 44.4 cm³/mol. The summed E-state index contributed by atoms with van der Waals surface area (Å²) in [5.41, 5.74) is 0.623. The second kappa shape index (κ2) is 3.59. The van der Waals surface area contributed by atoms with Gasteiger partial charge in [-0.3, -0.25) is 0 Å². The van der Waals surface area contributed by atoms with Gasteiger partial charge in [-0.05, 0) is 24.1 Å². The summed E-state index contributed by atoms with van der Waals surface area (Å²) in [6.45, 7) is 0. The Kier molecular flexibility index (Phi) is 2.72. The van der Waals surface area contributed by atoms with E-state index in [1.54, 1.807) is 5.80 Å². The molecule has 0 radical (unpaired) electrons. The number of benzene rings is 1. The highest BCUT2D eigenvalue weighted by molar-refractivity contribution is 7.18. The quantitative estimate of drug-likeness (QED) is 0.601. The van der Waals surface area contributed by atoms with Crippen molar-refractivity contribution in [3.05, 3.63) is 35.4 Å². The van der Waals surface area contributed by atoms with Crippen molar-refractivity contribution in [1.29, 1.82) is 0 Å². The highest BCUT2D eigenvalue weighted by atomic mass is 31.0. The molecule has 1 aromatic carbocycles. The molecule has 0 N–H and O–H groups in total. The molecular formula is C8H7F2P. The van der Waals surface area contributed by atoms with Crippen LogP contribution in [0.5, 0.6) is 0 Å². The molecule has 11 heavy (non-hydrogen) atoms. The summed E-state index contributed by atoms with van der Waals surface area (Å²) in [6.07, 6.45) is 0.519. The van der Waals surface area contributed by atoms with Gasteiger partial charge in [0.05, 0.1) is 0 Å². The normalized spacial score (nSPS) is 9.64. The molecule has 0 saturated heterocycles. The van der Waals surface area contributed by atoms with Crippen LogP contribution in [-0.2, 0) is 6.42 Å². The van der Waals surface area contributed by atoms with E-state index in [0.29, 0.717) is 12.0 Å². The summed E-state index contributed by atoms with van der Waals surface area (Å²) in [5.74, 6) is 0.593. The van der Waals surface area contributed by atoms with E-state index in [1.165, 1.54) is 12.1 Å². The summed E-state index contributed by atoms with van der Waals surface area (Å²) >= 11 is 0. The minimum absolute atomic E-state index is 0.519. The molecule has 1 aromatic rings. The first-order valence-electron chi connectivity index (χ1n) is 3.16. The van der Waals surface area contributed by atoms with Gasteiger partial charge in [-0.1, -0.05) is 5.80 Å². The molecule has 0 aliphatic heterocycles. The molecule has 0 amide bonds. The lowest BCUT2D eigenvalue weighted by Crippen LogP contribution is -1.88. The maximum atomic E-state index is 12.5. The zero-order valence-electron chi connectivity index (χ0n) is 5.77. The van der Waals surface area contributed by atoms with Gasteiger partial charge in [-0.25, -0.2) is 8.78 Å². The molecule has 0 heterocycles. The van der Waals surface area contributed by atoms with Crippen LogP contribution < -0.4 is 0 Å². The summed E-state index contributed by atoms with van der Waals surface area (Å²) in [5, 5.41) is 0. The molecule has 3 heteroatoms. The third-order valence-corrected chi connectivity index (χ3v) is 1.46. The first-order valence-corrected chi connectivity index (χ1v) is 3.74. The molecule has 0 unspecified atom stereocenters. The van der Waals surface area contributed by atoms with Gasteiger partial charge in [0.25, 0.3) is 0 Å². The first-order chi connectivity index (χ1) is 5.22. The van der Waals surface area contributed by atoms with Crippen LogP contribution in [0.1, 0.15) is 5.56 Å². The first kappa shape index (κ1) is 8.35. The Labute approximate surface area is 66.1 Å². The lowest BCUT2D eigenvalue weighted by molar-refractivity contribution is 0.581. The Hall–Kier alpha value is -0.750. The van der Waals surface area contributed by atoms with Crippen molar-refractivity contribution in [2.24, 2.45) is 0 Å². The number of halogens is 2. The number of hydrogen-bond acceptors (Lipinski definition) is 0. The van der Waals surface area contributed by atoms with Crippen LogP contribution >= 0.6 is 8.86 Å². The fraction of sp³-hybridized carbons (Fsp3) is 0.125. The SMILES string of the molecule is Fc1cc(F)cc(CC=P)c1. The van der Waals surface area contributed by atoms with Crippen LogP contribution in [0.25, 0.3) is 0 Å². The maximum absolute atomic E-state index is 12.5. The average Bonchev–Trinajstić information content (AvgIpc) is 1.85. The largest absolute Gasteiger partial charge is 0.207 e. The van der Waals surface area contributed by atoms with Gasteiger partial charge in [-0.15, -0.1) is 8.86 Å². The van der Waals surface area contributed by atoms with E-state index in [4.69, 9.17) is 0 Å². The highest BCUT2D eigenvalue weighted by Crippen LogP contribution is 2.07. The van der Waals surface area contributed by atoms with Gasteiger partial charge in [-0.2, -0.15) is 0 Å². The van der Waals surface area contributed by atoms with Crippen LogP contribution in [0.2, 0.25) is 0 Å². The fourth-order valence-corrected chi connectivity index (χ4v) is 1.08. The minimum atomic E-state index is -0.534. The molecule has 0 atom stereocenters. The Bertz CT molecular complexity index is 251. The molecule has 0 spiro atoms. The number of rotatable bonds is 2. The monoisotopic (exact) mass is 172 g/mol. The van der Waals surface area contributed by atoms with Gasteiger partial charge >= 0.3 is 0 Å². The van der Waals surface area contributed by atoms with Crippen LogP contribution in [0.4, 0.5) is 8.78 Å². The molecule has 0 fully saturated rings. The van der Waals surface area contributed by atoms with Crippen LogP contribution in [0.3, 0.4) is 0 Å². The third kappa shape index (κ3) is 2.39. The smallest absolute Gasteiger partial charge is 0.126 e. The van der Waals surface area contributed by atoms with Crippen LogP contribution in [0.15, 0.2) is 18.2 Å². The molecule has 0 aromatic heterocycles. The second-order valence-electron chi connectivity index (χ2n) is 2.19. The van der Waals surface area contributed by atoms with Crippen LogP contribution in [0, 0.1) is 11.6 Å². The van der Waals surface area contributed by atoms with Gasteiger partial charge in [0.1, 0.15) is 11.6 Å². The highest BCUT2D eigenvalue weighted by Gasteiger charge is 1.97. The van der Waals surface area contributed by atoms with Crippen LogP contribution in [-0.4, -0.2) is 5.80 Å². The lowest BCUT2D eigenvalue weighted by Gasteiger charge is -1.96. The van der Waals surface area contributed by atoms with Crippen molar-refractivity contribution in [3.63, 3.8) is 0 Å². The molecule has 1 rings (SSSR count). The van der Waals surface area contributed by atoms with Gasteiger partial charge in [0, 0.05) is 6.07 Å². The third-order valence-electron chi connectivity index (χ3n) is 1.26. The van der Waals surface area contributed by atoms with E-state index in [0.717, 1.165) is 6.07 Å². The minimum Gasteiger partial charge on any atom is -0.207 e. The topological polar surface area (TPSA) is 0 Å². The van der Waals surface area contributed by atoms with Crippen molar-refractivity contribution in [2.45, 2.75) is 6.42 Å². The molecule has 0 aliphatic carbocycles. The second-order valence-corrected chi connectivity index (χ2v) is 2.59. The number of hydrogen-bond donors (Lipinski definition) is 0. The van der Waals surface area contributed by atoms with E-state index in [2.05, 4.69) is 8.86 Å². The van der Waals surface area contributed by atoms with E-state index in [-0.39, 0.29) is 0 Å². The van der Waals surface area contributed by atoms with Crippen molar-refractivity contribution in [2.75, 3.05) is 0 Å². The molecule has 0 nitrogen and oxygen atoms in total. The fourth-order valence-electron chi connectivity index (χ4n) is 0.847. The lowest BCUT2D eigenvalue weighted by atomic mass is 10.2. The summed E-state index contributed by atoms with van der Waals surface area (Å²) < 4.78 is 25.0. The van der Waals surface area contributed by atoms with E-state index in [9.17, 15) is 8.78 Å². The summed E-state index contributed by atoms with van der Waals surface area (Å²) in [6, 6.07) is 3.47. The van der Waals surface area contributed by atoms with Crippen molar-refractivity contribution >= 4 is 14.7 Å². The molecule has 58 valence electrons. The van der Waals surface area contributed by atoms with Gasteiger partial charge in [0.2, 0.25) is 0 Å². The van der Waals surface area contributed by atoms with Crippen molar-refractivity contribution in [3.8, 4) is 0 Å². The zero-order chi connectivity index (χ0) is 8.27. The van der Waals surface area contributed by atoms with Gasteiger partial charge < -0.3 is 0 Å². The van der Waals surface area contributed by atoms with E-state index in [1.807, 2.05) is 0 Å². The summed E-state index contributed by atoms with van der Waals surface area (Å²) in [7, 11) is 3.11. The molecule has 0 bridgehead atoms. The van der Waals surface area contributed by atoms with E-state index < -0.39 is 11.6 Å². The Balaban J connectivity index is 2.98. The Morgan fingerprint density at radius 2 is 1.73 bits per heavy atom. The molecule has 0 aliphatic rings. The molecule has 0 saturated carbocycles. The predicted octanol–water partition coefficient (Wildman–Crippen LogP) is 2.45. The standard InChI is InChI=1S/C8H7F2P/c9-7-3-6(1-2-11)4-8(10)5-7/h2-5,11H,1H2. The zero-order valence-corrected chi connectivity index (χ0v) is 6.77. The molecular weight excluding hydrogens is 165 g/mol. The average molecular weight is 172 g/mol. The Morgan fingerprint density at radius 3 is 2.18 bits per heavy atom. The van der Waals surface area contributed by atoms with Crippen molar-refractivity contribution < 1.29 is 8.78 Å². The maximum Gasteiger partial charge on any atom is 0.126 e. The van der Waals surface area contributed by atoms with Crippen molar-refractivity contribution in [1.82, 2.24) is 0 Å². The van der Waals surface area contributed by atoms with Gasteiger partial charge in [0.15, 0.2) is 0 Å². The Morgan fingerprint density at radius 1 is 1.18 bits per heavy atom. The van der Waals surface area contributed by atoms with E-state index >= 15 is 0 Å².